The number of para-hydroxylation sites is 1. The highest BCUT2D eigenvalue weighted by Gasteiger charge is 2.22. The van der Waals surface area contributed by atoms with E-state index in [1.165, 1.54) is 0 Å². The van der Waals surface area contributed by atoms with Crippen LogP contribution in [0.4, 0.5) is 0 Å². The van der Waals surface area contributed by atoms with Crippen LogP contribution in [0.25, 0.3) is 10.9 Å². The molecule has 3 aromatic carbocycles. The van der Waals surface area contributed by atoms with Gasteiger partial charge in [0.2, 0.25) is 0 Å². The summed E-state index contributed by atoms with van der Waals surface area (Å²) in [5.74, 6) is 1.31. The maximum absolute atomic E-state index is 13.3. The lowest BCUT2D eigenvalue weighted by atomic mass is 10.1. The monoisotopic (exact) mass is 559 g/mol. The number of carbonyl (C=O) groups excluding carboxylic acids is 1. The van der Waals surface area contributed by atoms with Crippen LogP contribution >= 0.6 is 0 Å². The predicted octanol–water partition coefficient (Wildman–Crippen LogP) is 4.57. The average Bonchev–Trinajstić information content (AvgIpc) is 3.22. The van der Waals surface area contributed by atoms with Gasteiger partial charge in [-0.3, -0.25) is 14.7 Å². The zero-order chi connectivity index (χ0) is 28.1. The molecule has 0 spiro atoms. The van der Waals surface area contributed by atoms with Gasteiger partial charge in [0.15, 0.2) is 9.84 Å². The van der Waals surface area contributed by atoms with Crippen molar-refractivity contribution in [2.24, 2.45) is 0 Å². The molecule has 208 valence electrons. The molecule has 0 atom stereocenters. The molecule has 1 amide bonds. The second-order valence-electron chi connectivity index (χ2n) is 9.93. The van der Waals surface area contributed by atoms with Crippen LogP contribution in [-0.2, 0) is 22.1 Å². The lowest BCUT2D eigenvalue weighted by molar-refractivity contribution is 0.0761. The molecule has 5 rings (SSSR count). The van der Waals surface area contributed by atoms with Gasteiger partial charge in [0, 0.05) is 55.9 Å². The van der Waals surface area contributed by atoms with Gasteiger partial charge in [-0.25, -0.2) is 8.42 Å². The van der Waals surface area contributed by atoms with Crippen molar-refractivity contribution < 1.29 is 22.7 Å². The topological polar surface area (TPSA) is 89.0 Å². The van der Waals surface area contributed by atoms with Gasteiger partial charge in [-0.15, -0.1) is 0 Å². The summed E-state index contributed by atoms with van der Waals surface area (Å²) in [5.41, 5.74) is 2.75. The first-order valence-electron chi connectivity index (χ1n) is 13.3. The van der Waals surface area contributed by atoms with E-state index in [9.17, 15) is 13.2 Å². The second kappa shape index (κ2) is 12.1. The van der Waals surface area contributed by atoms with E-state index in [1.54, 1.807) is 62.9 Å². The summed E-state index contributed by atoms with van der Waals surface area (Å²) < 4.78 is 37.2. The number of ether oxygens (including phenoxy) is 2. The number of carbonyl (C=O) groups is 1. The molecule has 1 aliphatic heterocycles. The van der Waals surface area contributed by atoms with E-state index in [1.807, 2.05) is 35.2 Å². The molecule has 40 heavy (non-hydrogen) atoms. The molecular formula is C31H33N3O5S. The standard InChI is InChI=1S/C31H33N3O5S/c1-38-27-18-24(19-28(20-27)39-2)21-33-14-5-15-34(17-16-33)31(35)26-11-9-23(10-12-26)22-40(36,37)29-8-3-6-25-7-4-13-32-30(25)29/h3-4,6-13,18-20H,5,14-17,21-22H2,1-2H3. The lowest BCUT2D eigenvalue weighted by Gasteiger charge is -2.22. The minimum Gasteiger partial charge on any atom is -0.497 e. The van der Waals surface area contributed by atoms with Gasteiger partial charge in [-0.05, 0) is 53.9 Å². The van der Waals surface area contributed by atoms with Crippen LogP contribution in [0.2, 0.25) is 0 Å². The quantitative estimate of drug-likeness (QED) is 0.312. The summed E-state index contributed by atoms with van der Waals surface area (Å²) >= 11 is 0. The minimum absolute atomic E-state index is 0.0439. The van der Waals surface area contributed by atoms with Gasteiger partial charge in [-0.1, -0.05) is 30.3 Å². The molecule has 1 fully saturated rings. The number of aromatic nitrogens is 1. The largest absolute Gasteiger partial charge is 0.497 e. The van der Waals surface area contributed by atoms with Crippen molar-refractivity contribution in [3.63, 3.8) is 0 Å². The van der Waals surface area contributed by atoms with E-state index in [0.717, 1.165) is 48.5 Å². The zero-order valence-corrected chi connectivity index (χ0v) is 23.6. The molecule has 4 aromatic rings. The predicted molar refractivity (Wildman–Crippen MR) is 154 cm³/mol. The molecule has 0 radical (unpaired) electrons. The van der Waals surface area contributed by atoms with E-state index in [2.05, 4.69) is 9.88 Å². The van der Waals surface area contributed by atoms with E-state index in [-0.39, 0.29) is 16.6 Å². The number of rotatable bonds is 8. The van der Waals surface area contributed by atoms with Crippen molar-refractivity contribution >= 4 is 26.6 Å². The Morgan fingerprint density at radius 2 is 1.57 bits per heavy atom. The van der Waals surface area contributed by atoms with Crippen LogP contribution in [-0.4, -0.2) is 69.5 Å². The Labute approximate surface area is 235 Å². The summed E-state index contributed by atoms with van der Waals surface area (Å²) in [6, 6.07) is 21.6. The fourth-order valence-electron chi connectivity index (χ4n) is 5.10. The molecule has 0 bridgehead atoms. The van der Waals surface area contributed by atoms with Crippen molar-refractivity contribution in [3.8, 4) is 11.5 Å². The highest BCUT2D eigenvalue weighted by atomic mass is 32.2. The highest BCUT2D eigenvalue weighted by molar-refractivity contribution is 7.90. The van der Waals surface area contributed by atoms with Gasteiger partial charge in [0.05, 0.1) is 30.4 Å². The third-order valence-corrected chi connectivity index (χ3v) is 8.89. The molecule has 0 N–H and O–H groups in total. The first-order valence-corrected chi connectivity index (χ1v) is 14.9. The summed E-state index contributed by atoms with van der Waals surface area (Å²) in [4.78, 5) is 22.0. The van der Waals surface area contributed by atoms with E-state index < -0.39 is 9.84 Å². The van der Waals surface area contributed by atoms with Gasteiger partial charge >= 0.3 is 0 Å². The van der Waals surface area contributed by atoms with E-state index in [0.29, 0.717) is 29.7 Å². The van der Waals surface area contributed by atoms with Crippen molar-refractivity contribution in [3.05, 3.63) is 95.7 Å². The Morgan fingerprint density at radius 1 is 0.850 bits per heavy atom. The number of nitrogens with zero attached hydrogens (tertiary/aromatic N) is 3. The Balaban J connectivity index is 1.22. The molecule has 9 heteroatoms. The summed E-state index contributed by atoms with van der Waals surface area (Å²) in [7, 11) is -0.337. The lowest BCUT2D eigenvalue weighted by Crippen LogP contribution is -2.35. The number of sulfone groups is 1. The molecule has 8 nitrogen and oxygen atoms in total. The van der Waals surface area contributed by atoms with Crippen molar-refractivity contribution in [1.82, 2.24) is 14.8 Å². The van der Waals surface area contributed by atoms with Gasteiger partial charge in [0.1, 0.15) is 11.5 Å². The van der Waals surface area contributed by atoms with E-state index >= 15 is 0 Å². The first-order chi connectivity index (χ1) is 19.4. The Morgan fingerprint density at radius 3 is 2.30 bits per heavy atom. The molecule has 1 aromatic heterocycles. The fourth-order valence-corrected chi connectivity index (χ4v) is 6.64. The van der Waals surface area contributed by atoms with Crippen LogP contribution in [0.3, 0.4) is 0 Å². The molecule has 0 unspecified atom stereocenters. The molecule has 1 saturated heterocycles. The molecule has 0 aliphatic carbocycles. The van der Waals surface area contributed by atoms with Crippen LogP contribution < -0.4 is 9.47 Å². The Bertz CT molecular complexity index is 1580. The van der Waals surface area contributed by atoms with Crippen LogP contribution in [0.1, 0.15) is 27.9 Å². The summed E-state index contributed by atoms with van der Waals surface area (Å²) in [6.45, 7) is 3.65. The van der Waals surface area contributed by atoms with Crippen LogP contribution in [0.5, 0.6) is 11.5 Å². The number of fused-ring (bicyclic) bond motifs is 1. The normalized spacial score (nSPS) is 14.6. The van der Waals surface area contributed by atoms with Gasteiger partial charge < -0.3 is 14.4 Å². The number of benzene rings is 3. The van der Waals surface area contributed by atoms with Crippen molar-refractivity contribution in [2.75, 3.05) is 40.4 Å². The third kappa shape index (κ3) is 6.26. The van der Waals surface area contributed by atoms with Gasteiger partial charge in [0.25, 0.3) is 5.91 Å². The maximum Gasteiger partial charge on any atom is 0.253 e. The van der Waals surface area contributed by atoms with Crippen LogP contribution in [0.15, 0.2) is 83.9 Å². The van der Waals surface area contributed by atoms with E-state index in [4.69, 9.17) is 9.47 Å². The molecule has 0 saturated carbocycles. The minimum atomic E-state index is -3.62. The second-order valence-corrected chi connectivity index (χ2v) is 11.9. The number of pyridine rings is 1. The summed E-state index contributed by atoms with van der Waals surface area (Å²) in [6.07, 6.45) is 2.46. The smallest absolute Gasteiger partial charge is 0.253 e. The highest BCUT2D eigenvalue weighted by Crippen LogP contribution is 2.25. The van der Waals surface area contributed by atoms with Crippen molar-refractivity contribution in [1.29, 1.82) is 0 Å². The number of amides is 1. The Kier molecular flexibility index (Phi) is 8.32. The van der Waals surface area contributed by atoms with Crippen molar-refractivity contribution in [2.45, 2.75) is 23.6 Å². The Hall–Kier alpha value is -3.95. The molecule has 1 aliphatic rings. The number of methoxy groups -OCH3 is 2. The van der Waals surface area contributed by atoms with Crippen LogP contribution in [0, 0.1) is 0 Å². The maximum atomic E-state index is 13.3. The number of hydrogen-bond acceptors (Lipinski definition) is 7. The zero-order valence-electron chi connectivity index (χ0n) is 22.7. The summed E-state index contributed by atoms with van der Waals surface area (Å²) in [5, 5.41) is 0.781. The molecular weight excluding hydrogens is 526 g/mol. The first kappa shape index (κ1) is 27.6. The molecule has 2 heterocycles. The average molecular weight is 560 g/mol. The number of hydrogen-bond donors (Lipinski definition) is 0. The SMILES string of the molecule is COc1cc(CN2CCCN(C(=O)c3ccc(CS(=O)(=O)c4cccc5cccnc45)cc3)CC2)cc(OC)c1. The third-order valence-electron chi connectivity index (χ3n) is 7.18. The fraction of sp³-hybridized carbons (Fsp3) is 0.290. The van der Waals surface area contributed by atoms with Gasteiger partial charge in [-0.2, -0.15) is 0 Å².